The van der Waals surface area contributed by atoms with Crippen molar-refractivity contribution in [3.8, 4) is 0 Å². The second kappa shape index (κ2) is 10.6. The van der Waals surface area contributed by atoms with Crippen LogP contribution >= 0.6 is 11.3 Å². The molecule has 0 radical (unpaired) electrons. The van der Waals surface area contributed by atoms with E-state index >= 15 is 0 Å². The SMILES string of the molecule is CC[C@@H](C)N(CC(=O)N(Cc1ccccc1)Cc1cccs1)C(=O)CC(C)(C)C. The summed E-state index contributed by atoms with van der Waals surface area (Å²) in [5.74, 6) is 0.0424. The van der Waals surface area contributed by atoms with Crippen LogP contribution in [0.4, 0.5) is 0 Å². The molecule has 0 aliphatic heterocycles. The van der Waals surface area contributed by atoms with Crippen molar-refractivity contribution in [2.75, 3.05) is 6.54 Å². The van der Waals surface area contributed by atoms with E-state index in [1.165, 1.54) is 0 Å². The largest absolute Gasteiger partial charge is 0.332 e. The normalized spacial score (nSPS) is 12.4. The van der Waals surface area contributed by atoms with Gasteiger partial charge in [0.05, 0.1) is 6.54 Å². The van der Waals surface area contributed by atoms with Crippen molar-refractivity contribution in [2.45, 2.75) is 66.6 Å². The average Bonchev–Trinajstić information content (AvgIpc) is 3.17. The van der Waals surface area contributed by atoms with Crippen molar-refractivity contribution in [2.24, 2.45) is 5.41 Å². The van der Waals surface area contributed by atoms with Crippen LogP contribution in [0.3, 0.4) is 0 Å². The number of hydrogen-bond acceptors (Lipinski definition) is 3. The van der Waals surface area contributed by atoms with E-state index in [0.717, 1.165) is 16.9 Å². The summed E-state index contributed by atoms with van der Waals surface area (Å²) in [6.45, 7) is 11.5. The molecule has 0 bridgehead atoms. The lowest BCUT2D eigenvalue weighted by Gasteiger charge is -2.33. The third kappa shape index (κ3) is 7.65. The van der Waals surface area contributed by atoms with E-state index in [1.807, 2.05) is 59.7 Å². The Balaban J connectivity index is 2.18. The number of hydrogen-bond donors (Lipinski definition) is 0. The fraction of sp³-hybridized carbons (Fsp3) is 0.500. The molecule has 29 heavy (non-hydrogen) atoms. The predicted octanol–water partition coefficient (Wildman–Crippen LogP) is 5.34. The molecule has 0 saturated carbocycles. The van der Waals surface area contributed by atoms with Crippen molar-refractivity contribution < 1.29 is 9.59 Å². The number of nitrogens with zero attached hydrogens (tertiary/aromatic N) is 2. The third-order valence-corrected chi connectivity index (χ3v) is 5.79. The molecular formula is C24H34N2O2S. The van der Waals surface area contributed by atoms with Crippen molar-refractivity contribution in [1.29, 1.82) is 0 Å². The molecule has 0 aliphatic carbocycles. The standard InChI is InChI=1S/C24H34N2O2S/c1-6-19(2)26(22(27)15-24(3,4)5)18-23(28)25(17-21-13-10-14-29-21)16-20-11-8-7-9-12-20/h7-14,19H,6,15-18H2,1-5H3/t19-/m1/s1. The Morgan fingerprint density at radius 3 is 2.24 bits per heavy atom. The van der Waals surface area contributed by atoms with E-state index in [2.05, 4.69) is 27.7 Å². The summed E-state index contributed by atoms with van der Waals surface area (Å²) in [6.07, 6.45) is 1.26. The number of thiophene rings is 1. The molecule has 1 heterocycles. The number of benzene rings is 1. The molecule has 0 spiro atoms. The Morgan fingerprint density at radius 2 is 1.69 bits per heavy atom. The van der Waals surface area contributed by atoms with Gasteiger partial charge in [-0.1, -0.05) is 64.1 Å². The smallest absolute Gasteiger partial charge is 0.242 e. The topological polar surface area (TPSA) is 40.6 Å². The van der Waals surface area contributed by atoms with Gasteiger partial charge >= 0.3 is 0 Å². The molecule has 0 aliphatic rings. The minimum Gasteiger partial charge on any atom is -0.332 e. The maximum atomic E-state index is 13.3. The van der Waals surface area contributed by atoms with E-state index in [4.69, 9.17) is 0 Å². The average molecular weight is 415 g/mol. The van der Waals surface area contributed by atoms with Crippen molar-refractivity contribution in [3.63, 3.8) is 0 Å². The summed E-state index contributed by atoms with van der Waals surface area (Å²) in [5.41, 5.74) is 0.987. The van der Waals surface area contributed by atoms with Gasteiger partial charge < -0.3 is 9.80 Å². The number of carbonyl (C=O) groups excluding carboxylic acids is 2. The zero-order valence-corrected chi connectivity index (χ0v) is 19.2. The summed E-state index contributed by atoms with van der Waals surface area (Å²) < 4.78 is 0. The molecule has 1 aromatic heterocycles. The van der Waals surface area contributed by atoms with Gasteiger partial charge in [-0.05, 0) is 35.8 Å². The van der Waals surface area contributed by atoms with E-state index in [-0.39, 0.29) is 29.8 Å². The van der Waals surface area contributed by atoms with Crippen LogP contribution in [-0.2, 0) is 22.7 Å². The maximum Gasteiger partial charge on any atom is 0.242 e. The number of rotatable bonds is 9. The fourth-order valence-electron chi connectivity index (χ4n) is 3.14. The minimum absolute atomic E-state index is 0.00943. The second-order valence-corrected chi connectivity index (χ2v) is 9.86. The predicted molar refractivity (Wildman–Crippen MR) is 121 cm³/mol. The molecule has 1 atom stereocenters. The van der Waals surface area contributed by atoms with Gasteiger partial charge in [-0.25, -0.2) is 0 Å². The lowest BCUT2D eigenvalue weighted by atomic mass is 9.91. The molecule has 0 N–H and O–H groups in total. The van der Waals surface area contributed by atoms with Gasteiger partial charge in [0.25, 0.3) is 0 Å². The second-order valence-electron chi connectivity index (χ2n) is 8.83. The van der Waals surface area contributed by atoms with E-state index in [9.17, 15) is 9.59 Å². The lowest BCUT2D eigenvalue weighted by molar-refractivity contribution is -0.144. The minimum atomic E-state index is -0.105. The van der Waals surface area contributed by atoms with Crippen LogP contribution < -0.4 is 0 Å². The highest BCUT2D eigenvalue weighted by atomic mass is 32.1. The summed E-state index contributed by atoms with van der Waals surface area (Å²) in [7, 11) is 0. The highest BCUT2D eigenvalue weighted by Gasteiger charge is 2.27. The molecule has 0 saturated heterocycles. The van der Waals surface area contributed by atoms with Gasteiger partial charge in [-0.3, -0.25) is 9.59 Å². The maximum absolute atomic E-state index is 13.3. The first-order valence-electron chi connectivity index (χ1n) is 10.3. The molecule has 158 valence electrons. The van der Waals surface area contributed by atoms with Gasteiger partial charge in [0.1, 0.15) is 6.54 Å². The highest BCUT2D eigenvalue weighted by Crippen LogP contribution is 2.22. The zero-order chi connectivity index (χ0) is 21.4. The van der Waals surface area contributed by atoms with Crippen LogP contribution in [0.15, 0.2) is 47.8 Å². The summed E-state index contributed by atoms with van der Waals surface area (Å²) in [4.78, 5) is 31.0. The van der Waals surface area contributed by atoms with Crippen molar-refractivity contribution >= 4 is 23.2 Å². The molecule has 1 aromatic carbocycles. The Bertz CT molecular complexity index is 766. The Hall–Kier alpha value is -2.14. The van der Waals surface area contributed by atoms with Crippen LogP contribution in [0.2, 0.25) is 0 Å². The summed E-state index contributed by atoms with van der Waals surface area (Å²) >= 11 is 1.65. The van der Waals surface area contributed by atoms with Gasteiger partial charge in [-0.2, -0.15) is 0 Å². The monoisotopic (exact) mass is 414 g/mol. The van der Waals surface area contributed by atoms with E-state index in [1.54, 1.807) is 16.2 Å². The van der Waals surface area contributed by atoms with Crippen LogP contribution in [0.1, 0.15) is 57.9 Å². The molecule has 4 nitrogen and oxygen atoms in total. The quantitative estimate of drug-likeness (QED) is 0.556. The Labute approximate surface area is 179 Å². The Kier molecular flexibility index (Phi) is 8.45. The van der Waals surface area contributed by atoms with Crippen LogP contribution in [0.25, 0.3) is 0 Å². The van der Waals surface area contributed by atoms with Crippen LogP contribution in [0.5, 0.6) is 0 Å². The first-order chi connectivity index (χ1) is 13.7. The zero-order valence-electron chi connectivity index (χ0n) is 18.4. The third-order valence-electron chi connectivity index (χ3n) is 4.93. The van der Waals surface area contributed by atoms with Crippen molar-refractivity contribution in [3.05, 3.63) is 58.3 Å². The first kappa shape index (κ1) is 23.1. The molecule has 5 heteroatoms. The van der Waals surface area contributed by atoms with Crippen molar-refractivity contribution in [1.82, 2.24) is 9.80 Å². The highest BCUT2D eigenvalue weighted by molar-refractivity contribution is 7.09. The molecule has 2 amide bonds. The molecule has 0 unspecified atom stereocenters. The molecule has 2 rings (SSSR count). The van der Waals surface area contributed by atoms with E-state index < -0.39 is 0 Å². The molecule has 2 aromatic rings. The molecule has 0 fully saturated rings. The van der Waals surface area contributed by atoms with Gasteiger partial charge in [-0.15, -0.1) is 11.3 Å². The van der Waals surface area contributed by atoms with Gasteiger partial charge in [0.2, 0.25) is 11.8 Å². The van der Waals surface area contributed by atoms with Gasteiger partial charge in [0, 0.05) is 23.9 Å². The molecular weight excluding hydrogens is 380 g/mol. The lowest BCUT2D eigenvalue weighted by Crippen LogP contribution is -2.47. The first-order valence-corrected chi connectivity index (χ1v) is 11.2. The number of amides is 2. The fourth-order valence-corrected chi connectivity index (χ4v) is 3.86. The Morgan fingerprint density at radius 1 is 1.00 bits per heavy atom. The summed E-state index contributed by atoms with van der Waals surface area (Å²) in [6, 6.07) is 14.1. The number of carbonyl (C=O) groups is 2. The van der Waals surface area contributed by atoms with Crippen LogP contribution in [0, 0.1) is 5.41 Å². The summed E-state index contributed by atoms with van der Waals surface area (Å²) in [5, 5.41) is 2.03. The van der Waals surface area contributed by atoms with Gasteiger partial charge in [0.15, 0.2) is 0 Å². The van der Waals surface area contributed by atoms with E-state index in [0.29, 0.717) is 19.5 Å². The van der Waals surface area contributed by atoms with Crippen LogP contribution in [-0.4, -0.2) is 34.2 Å².